The fourth-order valence-corrected chi connectivity index (χ4v) is 2.49. The zero-order chi connectivity index (χ0) is 16.4. The van der Waals surface area contributed by atoms with Gasteiger partial charge in [0.2, 0.25) is 15.9 Å². The predicted molar refractivity (Wildman–Crippen MR) is 81.9 cm³/mol. The average molecular weight is 335 g/mol. The van der Waals surface area contributed by atoms with Crippen molar-refractivity contribution in [2.45, 2.75) is 38.2 Å². The van der Waals surface area contributed by atoms with E-state index in [2.05, 4.69) is 5.32 Å². The Labute approximate surface area is 129 Å². The topological polar surface area (TPSA) is 98.5 Å². The number of nitrogens with one attached hydrogen (secondary N) is 1. The van der Waals surface area contributed by atoms with Crippen molar-refractivity contribution in [1.29, 1.82) is 0 Å². The van der Waals surface area contributed by atoms with E-state index in [-0.39, 0.29) is 22.4 Å². The Kier molecular flexibility index (Phi) is 5.38. The average Bonchev–Trinajstić information content (AvgIpc) is 2.29. The Morgan fingerprint density at radius 3 is 2.38 bits per heavy atom. The molecule has 0 bridgehead atoms. The van der Waals surface area contributed by atoms with Gasteiger partial charge in [0.1, 0.15) is 6.61 Å². The number of hydrogen-bond acceptors (Lipinski definition) is 4. The van der Waals surface area contributed by atoms with Gasteiger partial charge in [-0.25, -0.2) is 13.6 Å². The van der Waals surface area contributed by atoms with E-state index in [1.54, 1.807) is 6.92 Å². The third-order valence-corrected chi connectivity index (χ3v) is 3.68. The molecule has 0 unspecified atom stereocenters. The second kappa shape index (κ2) is 6.31. The minimum absolute atomic E-state index is 0.100. The summed E-state index contributed by atoms with van der Waals surface area (Å²) in [5, 5.41) is 7.75. The van der Waals surface area contributed by atoms with Crippen LogP contribution in [0.2, 0.25) is 5.02 Å². The first-order chi connectivity index (χ1) is 9.40. The van der Waals surface area contributed by atoms with Gasteiger partial charge in [-0.1, -0.05) is 11.6 Å². The highest BCUT2D eigenvalue weighted by molar-refractivity contribution is 7.89. The molecule has 0 atom stereocenters. The number of primary sulfonamides is 1. The molecule has 0 aromatic heterocycles. The maximum absolute atomic E-state index is 11.8. The van der Waals surface area contributed by atoms with Gasteiger partial charge in [-0.05, 0) is 45.4 Å². The van der Waals surface area contributed by atoms with Crippen LogP contribution in [-0.4, -0.2) is 26.5 Å². The molecule has 0 spiro atoms. The van der Waals surface area contributed by atoms with Crippen molar-refractivity contribution in [2.24, 2.45) is 5.14 Å². The lowest BCUT2D eigenvalue weighted by molar-refractivity contribution is -0.125. The monoisotopic (exact) mass is 334 g/mol. The fourth-order valence-electron chi connectivity index (χ4n) is 1.49. The number of halogens is 1. The molecule has 6 nitrogen and oxygen atoms in total. The number of hydrogen-bond donors (Lipinski definition) is 2. The Morgan fingerprint density at radius 1 is 1.38 bits per heavy atom. The summed E-state index contributed by atoms with van der Waals surface area (Å²) in [7, 11) is -3.84. The number of amides is 1. The van der Waals surface area contributed by atoms with Crippen molar-refractivity contribution >= 4 is 33.2 Å². The van der Waals surface area contributed by atoms with E-state index in [0.717, 1.165) is 0 Å². The standard InChI is InChI=1S/C13H19ClN2O4S/c1-8-5-9(21(15,18)19)6-10(14)12(8)16-11(17)7-20-13(2,3)4/h5-6H,7H2,1-4H3,(H,16,17)(H2,15,18,19). The lowest BCUT2D eigenvalue weighted by atomic mass is 10.2. The SMILES string of the molecule is Cc1cc(S(N)(=O)=O)cc(Cl)c1NC(=O)COC(C)(C)C. The molecular weight excluding hydrogens is 316 g/mol. The number of nitrogens with two attached hydrogens (primary N) is 1. The normalized spacial score (nSPS) is 12.3. The number of sulfonamides is 1. The summed E-state index contributed by atoms with van der Waals surface area (Å²) in [4.78, 5) is 11.7. The second-order valence-electron chi connectivity index (χ2n) is 5.59. The third kappa shape index (κ3) is 5.62. The summed E-state index contributed by atoms with van der Waals surface area (Å²) in [6, 6.07) is 2.55. The zero-order valence-corrected chi connectivity index (χ0v) is 13.9. The number of carbonyl (C=O) groups excluding carboxylic acids is 1. The second-order valence-corrected chi connectivity index (χ2v) is 7.56. The molecule has 21 heavy (non-hydrogen) atoms. The molecular formula is C13H19ClN2O4S. The van der Waals surface area contributed by atoms with Gasteiger partial charge in [0.15, 0.2) is 0 Å². The molecule has 1 aromatic rings. The van der Waals surface area contributed by atoms with Gasteiger partial charge in [-0.3, -0.25) is 4.79 Å². The highest BCUT2D eigenvalue weighted by Gasteiger charge is 2.17. The first kappa shape index (κ1) is 17.9. The molecule has 118 valence electrons. The molecule has 0 aliphatic heterocycles. The molecule has 0 aliphatic rings. The number of benzene rings is 1. The molecule has 3 N–H and O–H groups in total. The number of ether oxygens (including phenoxy) is 1. The van der Waals surface area contributed by atoms with Gasteiger partial charge in [0.05, 0.1) is 21.2 Å². The van der Waals surface area contributed by atoms with Crippen LogP contribution < -0.4 is 10.5 Å². The van der Waals surface area contributed by atoms with Gasteiger partial charge in [-0.2, -0.15) is 0 Å². The summed E-state index contributed by atoms with van der Waals surface area (Å²) in [5.74, 6) is -0.377. The van der Waals surface area contributed by atoms with E-state index in [0.29, 0.717) is 11.3 Å². The minimum atomic E-state index is -3.84. The first-order valence-electron chi connectivity index (χ1n) is 6.17. The van der Waals surface area contributed by atoms with Crippen LogP contribution >= 0.6 is 11.6 Å². The summed E-state index contributed by atoms with van der Waals surface area (Å²) in [5.41, 5.74) is 0.399. The smallest absolute Gasteiger partial charge is 0.250 e. The van der Waals surface area contributed by atoms with E-state index in [9.17, 15) is 13.2 Å². The largest absolute Gasteiger partial charge is 0.366 e. The van der Waals surface area contributed by atoms with Crippen LogP contribution in [0.15, 0.2) is 17.0 Å². The molecule has 1 aromatic carbocycles. The predicted octanol–water partition coefficient (Wildman–Crippen LogP) is 2.05. The number of rotatable bonds is 4. The maximum atomic E-state index is 11.8. The zero-order valence-electron chi connectivity index (χ0n) is 12.4. The highest BCUT2D eigenvalue weighted by Crippen LogP contribution is 2.29. The molecule has 0 fully saturated rings. The van der Waals surface area contributed by atoms with Crippen LogP contribution in [0.1, 0.15) is 26.3 Å². The molecule has 8 heteroatoms. The molecule has 0 aliphatic carbocycles. The van der Waals surface area contributed by atoms with E-state index in [4.69, 9.17) is 21.5 Å². The maximum Gasteiger partial charge on any atom is 0.250 e. The lowest BCUT2D eigenvalue weighted by Gasteiger charge is -2.19. The van der Waals surface area contributed by atoms with Crippen LogP contribution in [0.25, 0.3) is 0 Å². The fraction of sp³-hybridized carbons (Fsp3) is 0.462. The molecule has 1 amide bonds. The van der Waals surface area contributed by atoms with Crippen molar-refractivity contribution in [1.82, 2.24) is 0 Å². The Morgan fingerprint density at radius 2 is 1.95 bits per heavy atom. The Bertz CT molecular complexity index is 628. The highest BCUT2D eigenvalue weighted by atomic mass is 35.5. The lowest BCUT2D eigenvalue weighted by Crippen LogP contribution is -2.27. The van der Waals surface area contributed by atoms with Gasteiger partial charge < -0.3 is 10.1 Å². The third-order valence-electron chi connectivity index (χ3n) is 2.49. The summed E-state index contributed by atoms with van der Waals surface area (Å²) < 4.78 is 27.9. The molecule has 0 saturated heterocycles. The summed E-state index contributed by atoms with van der Waals surface area (Å²) in [6.07, 6.45) is 0. The van der Waals surface area contributed by atoms with Crippen molar-refractivity contribution in [2.75, 3.05) is 11.9 Å². The van der Waals surface area contributed by atoms with E-state index < -0.39 is 15.6 Å². The van der Waals surface area contributed by atoms with Crippen LogP contribution in [0.3, 0.4) is 0 Å². The van der Waals surface area contributed by atoms with Gasteiger partial charge >= 0.3 is 0 Å². The molecule has 1 rings (SSSR count). The first-order valence-corrected chi connectivity index (χ1v) is 8.09. The van der Waals surface area contributed by atoms with Crippen LogP contribution in [-0.2, 0) is 19.6 Å². The number of anilines is 1. The Balaban J connectivity index is 2.93. The molecule has 0 heterocycles. The van der Waals surface area contributed by atoms with E-state index in [1.807, 2.05) is 20.8 Å². The van der Waals surface area contributed by atoms with E-state index >= 15 is 0 Å². The van der Waals surface area contributed by atoms with Gasteiger partial charge in [0, 0.05) is 0 Å². The van der Waals surface area contributed by atoms with E-state index in [1.165, 1.54) is 12.1 Å². The van der Waals surface area contributed by atoms with Crippen LogP contribution in [0.4, 0.5) is 5.69 Å². The minimum Gasteiger partial charge on any atom is -0.366 e. The van der Waals surface area contributed by atoms with Crippen molar-refractivity contribution in [3.05, 3.63) is 22.7 Å². The summed E-state index contributed by atoms with van der Waals surface area (Å²) >= 11 is 6.00. The Hall–Kier alpha value is -1.15. The summed E-state index contributed by atoms with van der Waals surface area (Å²) in [6.45, 7) is 7.00. The van der Waals surface area contributed by atoms with Crippen molar-refractivity contribution in [3.63, 3.8) is 0 Å². The molecule has 0 saturated carbocycles. The van der Waals surface area contributed by atoms with Gasteiger partial charge in [0.25, 0.3) is 0 Å². The quantitative estimate of drug-likeness (QED) is 0.880. The number of aryl methyl sites for hydroxylation is 1. The number of carbonyl (C=O) groups is 1. The molecule has 0 radical (unpaired) electrons. The van der Waals surface area contributed by atoms with Crippen molar-refractivity contribution < 1.29 is 17.9 Å². The van der Waals surface area contributed by atoms with Crippen LogP contribution in [0.5, 0.6) is 0 Å². The van der Waals surface area contributed by atoms with Crippen LogP contribution in [0, 0.1) is 6.92 Å². The van der Waals surface area contributed by atoms with Gasteiger partial charge in [-0.15, -0.1) is 0 Å². The van der Waals surface area contributed by atoms with Crippen molar-refractivity contribution in [3.8, 4) is 0 Å².